The highest BCUT2D eigenvalue weighted by molar-refractivity contribution is 5.53. The molecule has 1 aromatic heterocycles. The lowest BCUT2D eigenvalue weighted by molar-refractivity contribution is 0.659. The molecule has 0 atom stereocenters. The molecule has 1 saturated carbocycles. The Balaban J connectivity index is 2.42. The third-order valence-electron chi connectivity index (χ3n) is 2.97. The summed E-state index contributed by atoms with van der Waals surface area (Å²) in [5.41, 5.74) is 7.25. The van der Waals surface area contributed by atoms with E-state index in [9.17, 15) is 0 Å². The van der Waals surface area contributed by atoms with Crippen LogP contribution < -0.4 is 5.73 Å². The zero-order valence-electron chi connectivity index (χ0n) is 8.32. The van der Waals surface area contributed by atoms with Crippen LogP contribution in [0.15, 0.2) is 0 Å². The number of rotatable bonds is 1. The molecule has 0 saturated heterocycles. The van der Waals surface area contributed by atoms with Crippen molar-refractivity contribution in [1.82, 2.24) is 9.78 Å². The number of aromatic nitrogens is 2. The summed E-state index contributed by atoms with van der Waals surface area (Å²) in [6, 6.07) is 2.15. The molecular weight excluding hydrogens is 176 g/mol. The lowest BCUT2D eigenvalue weighted by atomic mass is 10.0. The van der Waals surface area contributed by atoms with E-state index in [0.29, 0.717) is 17.3 Å². The number of hydrogen-bond donors (Lipinski definition) is 1. The van der Waals surface area contributed by atoms with E-state index in [1.165, 1.54) is 12.8 Å². The zero-order chi connectivity index (χ0) is 10.1. The van der Waals surface area contributed by atoms with Gasteiger partial charge >= 0.3 is 0 Å². The number of nitrogens with two attached hydrogens (primary N) is 1. The highest BCUT2D eigenvalue weighted by Crippen LogP contribution is 2.36. The van der Waals surface area contributed by atoms with Crippen molar-refractivity contribution in [3.05, 3.63) is 11.3 Å². The van der Waals surface area contributed by atoms with Gasteiger partial charge in [-0.05, 0) is 12.8 Å². The molecule has 74 valence electrons. The summed E-state index contributed by atoms with van der Waals surface area (Å²) in [4.78, 5) is 0. The van der Waals surface area contributed by atoms with E-state index in [4.69, 9.17) is 11.0 Å². The first kappa shape index (κ1) is 9.07. The topological polar surface area (TPSA) is 67.6 Å². The average molecular weight is 190 g/mol. The van der Waals surface area contributed by atoms with Crippen LogP contribution in [-0.2, 0) is 7.05 Å². The molecule has 0 spiro atoms. The minimum absolute atomic E-state index is 0.452. The summed E-state index contributed by atoms with van der Waals surface area (Å²) in [5, 5.41) is 13.3. The maximum Gasteiger partial charge on any atom is 0.139 e. The number of nitrogens with zero attached hydrogens (tertiary/aromatic N) is 3. The Morgan fingerprint density at radius 1 is 1.50 bits per heavy atom. The molecule has 1 fully saturated rings. The molecule has 4 nitrogen and oxygen atoms in total. The quantitative estimate of drug-likeness (QED) is 0.730. The number of nitriles is 1. The van der Waals surface area contributed by atoms with E-state index in [-0.39, 0.29) is 0 Å². The van der Waals surface area contributed by atoms with Gasteiger partial charge in [-0.25, -0.2) is 0 Å². The molecule has 1 heterocycles. The third kappa shape index (κ3) is 1.25. The molecule has 0 bridgehead atoms. The predicted molar refractivity (Wildman–Crippen MR) is 53.5 cm³/mol. The van der Waals surface area contributed by atoms with Gasteiger partial charge in [-0.1, -0.05) is 12.8 Å². The minimum atomic E-state index is 0.452. The number of anilines is 1. The maximum atomic E-state index is 8.99. The number of hydrogen-bond acceptors (Lipinski definition) is 3. The molecule has 4 heteroatoms. The van der Waals surface area contributed by atoms with Crippen molar-refractivity contribution in [2.45, 2.75) is 31.6 Å². The van der Waals surface area contributed by atoms with Crippen LogP contribution in [0.25, 0.3) is 0 Å². The largest absolute Gasteiger partial charge is 0.383 e. The first-order valence-electron chi connectivity index (χ1n) is 4.96. The molecule has 0 amide bonds. The van der Waals surface area contributed by atoms with Crippen LogP contribution >= 0.6 is 0 Å². The minimum Gasteiger partial charge on any atom is -0.383 e. The Morgan fingerprint density at radius 3 is 2.71 bits per heavy atom. The van der Waals surface area contributed by atoms with Gasteiger partial charge in [0.1, 0.15) is 17.5 Å². The van der Waals surface area contributed by atoms with Crippen molar-refractivity contribution in [1.29, 1.82) is 5.26 Å². The van der Waals surface area contributed by atoms with Gasteiger partial charge < -0.3 is 5.73 Å². The monoisotopic (exact) mass is 190 g/mol. The summed E-state index contributed by atoms with van der Waals surface area (Å²) in [6.45, 7) is 0. The molecule has 1 aliphatic carbocycles. The second-order valence-electron chi connectivity index (χ2n) is 3.86. The van der Waals surface area contributed by atoms with Crippen LogP contribution in [0, 0.1) is 11.3 Å². The summed E-state index contributed by atoms with van der Waals surface area (Å²) < 4.78 is 1.60. The Hall–Kier alpha value is -1.50. The van der Waals surface area contributed by atoms with Gasteiger partial charge in [0.05, 0.1) is 5.69 Å². The van der Waals surface area contributed by atoms with Crippen LogP contribution in [0.4, 0.5) is 5.82 Å². The second kappa shape index (κ2) is 3.33. The molecule has 2 rings (SSSR count). The summed E-state index contributed by atoms with van der Waals surface area (Å²) in [5.74, 6) is 0.947. The van der Waals surface area contributed by atoms with Crippen LogP contribution in [0.1, 0.15) is 42.9 Å². The number of nitrogen functional groups attached to an aromatic ring is 1. The standard InChI is InChI=1S/C10H14N4/c1-14-10(12)8(6-11)9(13-14)7-4-2-3-5-7/h7H,2-5,12H2,1H3. The molecule has 0 aromatic carbocycles. The van der Waals surface area contributed by atoms with Gasteiger partial charge in [0.2, 0.25) is 0 Å². The zero-order valence-corrected chi connectivity index (χ0v) is 8.32. The van der Waals surface area contributed by atoms with Gasteiger partial charge in [-0.3, -0.25) is 4.68 Å². The highest BCUT2D eigenvalue weighted by atomic mass is 15.3. The van der Waals surface area contributed by atoms with E-state index in [2.05, 4.69) is 11.2 Å². The summed E-state index contributed by atoms with van der Waals surface area (Å²) >= 11 is 0. The fourth-order valence-corrected chi connectivity index (χ4v) is 2.16. The van der Waals surface area contributed by atoms with Gasteiger partial charge in [0.25, 0.3) is 0 Å². The first-order valence-corrected chi connectivity index (χ1v) is 4.96. The highest BCUT2D eigenvalue weighted by Gasteiger charge is 2.25. The summed E-state index contributed by atoms with van der Waals surface area (Å²) in [6.07, 6.45) is 4.77. The van der Waals surface area contributed by atoms with Crippen molar-refractivity contribution in [3.63, 3.8) is 0 Å². The Kier molecular flexibility index (Phi) is 2.16. The Bertz CT molecular complexity index is 380. The van der Waals surface area contributed by atoms with E-state index >= 15 is 0 Å². The van der Waals surface area contributed by atoms with Crippen molar-refractivity contribution < 1.29 is 0 Å². The predicted octanol–water partition coefficient (Wildman–Crippen LogP) is 1.53. The average Bonchev–Trinajstić information content (AvgIpc) is 2.76. The fraction of sp³-hybridized carbons (Fsp3) is 0.600. The van der Waals surface area contributed by atoms with Crippen LogP contribution in [-0.4, -0.2) is 9.78 Å². The van der Waals surface area contributed by atoms with Gasteiger partial charge in [0, 0.05) is 13.0 Å². The van der Waals surface area contributed by atoms with Crippen LogP contribution in [0.5, 0.6) is 0 Å². The van der Waals surface area contributed by atoms with Gasteiger partial charge in [-0.15, -0.1) is 0 Å². The van der Waals surface area contributed by atoms with E-state index in [1.54, 1.807) is 11.7 Å². The smallest absolute Gasteiger partial charge is 0.139 e. The Morgan fingerprint density at radius 2 is 2.14 bits per heavy atom. The molecule has 0 radical (unpaired) electrons. The second-order valence-corrected chi connectivity index (χ2v) is 3.86. The maximum absolute atomic E-state index is 8.99. The molecule has 14 heavy (non-hydrogen) atoms. The van der Waals surface area contributed by atoms with Crippen LogP contribution in [0.3, 0.4) is 0 Å². The van der Waals surface area contributed by atoms with Gasteiger partial charge in [-0.2, -0.15) is 10.4 Å². The van der Waals surface area contributed by atoms with Crippen molar-refractivity contribution in [2.75, 3.05) is 5.73 Å². The molecule has 1 aliphatic rings. The van der Waals surface area contributed by atoms with E-state index in [1.807, 2.05) is 0 Å². The molecular formula is C10H14N4. The SMILES string of the molecule is Cn1nc(C2CCCC2)c(C#N)c1N. The van der Waals surface area contributed by atoms with Gasteiger partial charge in [0.15, 0.2) is 0 Å². The molecule has 0 aliphatic heterocycles. The van der Waals surface area contributed by atoms with E-state index in [0.717, 1.165) is 18.5 Å². The lowest BCUT2D eigenvalue weighted by Crippen LogP contribution is -1.98. The first-order chi connectivity index (χ1) is 6.74. The molecule has 0 unspecified atom stereocenters. The lowest BCUT2D eigenvalue weighted by Gasteiger charge is -2.03. The van der Waals surface area contributed by atoms with E-state index < -0.39 is 0 Å². The molecule has 2 N–H and O–H groups in total. The normalized spacial score (nSPS) is 17.1. The Labute approximate surface area is 83.3 Å². The van der Waals surface area contributed by atoms with Crippen molar-refractivity contribution in [3.8, 4) is 6.07 Å². The third-order valence-corrected chi connectivity index (χ3v) is 2.97. The van der Waals surface area contributed by atoms with Crippen LogP contribution in [0.2, 0.25) is 0 Å². The molecule has 1 aromatic rings. The van der Waals surface area contributed by atoms with Crippen molar-refractivity contribution in [2.24, 2.45) is 7.05 Å². The fourth-order valence-electron chi connectivity index (χ4n) is 2.16. The van der Waals surface area contributed by atoms with Crippen molar-refractivity contribution >= 4 is 5.82 Å². The summed E-state index contributed by atoms with van der Waals surface area (Å²) in [7, 11) is 1.79. The number of aryl methyl sites for hydroxylation is 1.